The van der Waals surface area contributed by atoms with Gasteiger partial charge in [-0.15, -0.1) is 0 Å². The van der Waals surface area contributed by atoms with Crippen LogP contribution in [0, 0.1) is 6.92 Å². The van der Waals surface area contributed by atoms with Gasteiger partial charge in [-0.3, -0.25) is 14.3 Å². The highest BCUT2D eigenvalue weighted by Crippen LogP contribution is 2.28. The Labute approximate surface area is 207 Å². The number of anilines is 1. The summed E-state index contributed by atoms with van der Waals surface area (Å²) in [4.78, 5) is 26.5. The third-order valence-electron chi connectivity index (χ3n) is 5.69. The molecule has 0 aliphatic carbocycles. The number of aryl methyl sites for hydroxylation is 1. The monoisotopic (exact) mass is 480 g/mol. The second-order valence-corrected chi connectivity index (χ2v) is 8.20. The molecule has 0 saturated heterocycles. The molecule has 2 aromatic carbocycles. The number of aromatic nitrogens is 4. The van der Waals surface area contributed by atoms with Gasteiger partial charge < -0.3 is 15.1 Å². The molecule has 36 heavy (non-hydrogen) atoms. The number of hydrogen-bond acceptors (Lipinski definition) is 5. The number of furan rings is 1. The average molecular weight is 481 g/mol. The van der Waals surface area contributed by atoms with Gasteiger partial charge in [0, 0.05) is 18.8 Å². The molecule has 5 aromatic rings. The lowest BCUT2D eigenvalue weighted by Crippen LogP contribution is -2.25. The van der Waals surface area contributed by atoms with Crippen LogP contribution in [0.1, 0.15) is 32.3 Å². The third kappa shape index (κ3) is 4.54. The number of carbonyl (C=O) groups is 2. The maximum atomic E-state index is 13.7. The highest BCUT2D eigenvalue weighted by molar-refractivity contribution is 6.11. The number of amides is 2. The van der Waals surface area contributed by atoms with E-state index in [0.29, 0.717) is 28.4 Å². The van der Waals surface area contributed by atoms with Crippen molar-refractivity contribution in [3.8, 4) is 16.9 Å². The van der Waals surface area contributed by atoms with E-state index in [1.165, 1.54) is 10.9 Å². The molecule has 0 aliphatic rings. The number of rotatable bonds is 7. The van der Waals surface area contributed by atoms with Gasteiger partial charge in [-0.25, -0.2) is 4.68 Å². The lowest BCUT2D eigenvalue weighted by Gasteiger charge is -2.08. The number of benzene rings is 2. The smallest absolute Gasteiger partial charge is 0.274 e. The molecule has 0 spiro atoms. The quantitative estimate of drug-likeness (QED) is 0.360. The number of carbonyl (C=O) groups excluding carboxylic acids is 2. The first kappa shape index (κ1) is 22.9. The van der Waals surface area contributed by atoms with Crippen molar-refractivity contribution in [2.45, 2.75) is 13.5 Å². The normalized spacial score (nSPS) is 10.8. The minimum Gasteiger partial charge on any atom is -0.467 e. The van der Waals surface area contributed by atoms with E-state index in [4.69, 9.17) is 9.52 Å². The first-order valence-corrected chi connectivity index (χ1v) is 11.4. The molecule has 0 unspecified atom stereocenters. The van der Waals surface area contributed by atoms with Gasteiger partial charge in [0.25, 0.3) is 11.8 Å². The first-order valence-electron chi connectivity index (χ1n) is 11.4. The van der Waals surface area contributed by atoms with Crippen LogP contribution in [0.5, 0.6) is 0 Å². The summed E-state index contributed by atoms with van der Waals surface area (Å²) in [6.07, 6.45) is 3.13. The average Bonchev–Trinajstić information content (AvgIpc) is 3.63. The van der Waals surface area contributed by atoms with Gasteiger partial charge in [0.15, 0.2) is 5.69 Å². The van der Waals surface area contributed by atoms with Crippen molar-refractivity contribution >= 4 is 17.5 Å². The molecule has 2 N–H and O–H groups in total. The van der Waals surface area contributed by atoms with Crippen LogP contribution in [0.25, 0.3) is 16.9 Å². The van der Waals surface area contributed by atoms with E-state index < -0.39 is 5.91 Å². The van der Waals surface area contributed by atoms with E-state index >= 15 is 0 Å². The number of nitrogens with one attached hydrogen (secondary N) is 2. The van der Waals surface area contributed by atoms with Crippen LogP contribution >= 0.6 is 0 Å². The second kappa shape index (κ2) is 9.75. The second-order valence-electron chi connectivity index (χ2n) is 8.20. The molecule has 5 rings (SSSR count). The Kier molecular flexibility index (Phi) is 6.19. The predicted octanol–water partition coefficient (Wildman–Crippen LogP) is 4.36. The lowest BCUT2D eigenvalue weighted by molar-refractivity contribution is 0.0943. The molecule has 9 heteroatoms. The molecular weight excluding hydrogens is 456 g/mol. The maximum absolute atomic E-state index is 13.7. The molecule has 0 bridgehead atoms. The molecule has 0 radical (unpaired) electrons. The van der Waals surface area contributed by atoms with Crippen molar-refractivity contribution in [3.05, 3.63) is 108 Å². The van der Waals surface area contributed by atoms with E-state index in [-0.39, 0.29) is 18.1 Å². The van der Waals surface area contributed by atoms with Crippen LogP contribution in [-0.2, 0) is 13.6 Å². The van der Waals surface area contributed by atoms with Gasteiger partial charge in [0.05, 0.1) is 35.4 Å². The zero-order valence-electron chi connectivity index (χ0n) is 19.8. The fourth-order valence-corrected chi connectivity index (χ4v) is 3.99. The zero-order chi connectivity index (χ0) is 25.1. The Balaban J connectivity index is 1.48. The van der Waals surface area contributed by atoms with Crippen LogP contribution in [0.3, 0.4) is 0 Å². The summed E-state index contributed by atoms with van der Waals surface area (Å²) in [5.41, 5.74) is 3.68. The Bertz CT molecular complexity index is 1500. The van der Waals surface area contributed by atoms with Gasteiger partial charge in [-0.05, 0) is 31.2 Å². The van der Waals surface area contributed by atoms with E-state index in [1.807, 2.05) is 67.6 Å². The van der Waals surface area contributed by atoms with Gasteiger partial charge >= 0.3 is 0 Å². The lowest BCUT2D eigenvalue weighted by atomic mass is 10.1. The van der Waals surface area contributed by atoms with E-state index in [1.54, 1.807) is 30.1 Å². The van der Waals surface area contributed by atoms with Gasteiger partial charge in [-0.2, -0.15) is 10.2 Å². The molecule has 0 saturated carbocycles. The van der Waals surface area contributed by atoms with Gasteiger partial charge in [0.1, 0.15) is 11.5 Å². The van der Waals surface area contributed by atoms with E-state index in [9.17, 15) is 9.59 Å². The van der Waals surface area contributed by atoms with Crippen LogP contribution in [0.2, 0.25) is 0 Å². The van der Waals surface area contributed by atoms with Crippen molar-refractivity contribution in [2.24, 2.45) is 7.05 Å². The fraction of sp³-hybridized carbons (Fsp3) is 0.111. The molecule has 0 aliphatic heterocycles. The molecule has 2 amide bonds. The fourth-order valence-electron chi connectivity index (χ4n) is 3.99. The van der Waals surface area contributed by atoms with Crippen molar-refractivity contribution in [2.75, 3.05) is 5.32 Å². The SMILES string of the molecule is Cc1c(C(=O)Nc2cn(C)nc2C(=O)NCc2ccco2)c(-c2ccccc2)nn1-c1ccccc1. The van der Waals surface area contributed by atoms with Crippen LogP contribution in [0.15, 0.2) is 89.7 Å². The van der Waals surface area contributed by atoms with E-state index in [2.05, 4.69) is 15.7 Å². The summed E-state index contributed by atoms with van der Waals surface area (Å²) in [5, 5.41) is 14.7. The molecule has 3 heterocycles. The third-order valence-corrected chi connectivity index (χ3v) is 5.69. The van der Waals surface area contributed by atoms with Crippen LogP contribution < -0.4 is 10.6 Å². The summed E-state index contributed by atoms with van der Waals surface area (Å²) in [6, 6.07) is 22.7. The Morgan fingerprint density at radius 2 is 1.64 bits per heavy atom. The van der Waals surface area contributed by atoms with Crippen LogP contribution in [0.4, 0.5) is 5.69 Å². The number of para-hydroxylation sites is 1. The number of nitrogens with zero attached hydrogens (tertiary/aromatic N) is 4. The Hall–Kier alpha value is -4.92. The Morgan fingerprint density at radius 3 is 2.33 bits per heavy atom. The van der Waals surface area contributed by atoms with Crippen LogP contribution in [-0.4, -0.2) is 31.4 Å². The minimum absolute atomic E-state index is 0.103. The van der Waals surface area contributed by atoms with Crippen molar-refractivity contribution in [1.82, 2.24) is 24.9 Å². The predicted molar refractivity (Wildman–Crippen MR) is 135 cm³/mol. The van der Waals surface area contributed by atoms with E-state index in [0.717, 1.165) is 11.3 Å². The van der Waals surface area contributed by atoms with Crippen molar-refractivity contribution < 1.29 is 14.0 Å². The molecule has 0 atom stereocenters. The Morgan fingerprint density at radius 1 is 0.917 bits per heavy atom. The van der Waals surface area contributed by atoms with Crippen molar-refractivity contribution in [1.29, 1.82) is 0 Å². The summed E-state index contributed by atoms with van der Waals surface area (Å²) >= 11 is 0. The topological polar surface area (TPSA) is 107 Å². The van der Waals surface area contributed by atoms with Gasteiger partial charge in [0.2, 0.25) is 0 Å². The molecule has 9 nitrogen and oxygen atoms in total. The summed E-state index contributed by atoms with van der Waals surface area (Å²) in [7, 11) is 1.69. The van der Waals surface area contributed by atoms with Gasteiger partial charge in [-0.1, -0.05) is 48.5 Å². The molecule has 3 aromatic heterocycles. The molecule has 180 valence electrons. The highest BCUT2D eigenvalue weighted by Gasteiger charge is 2.25. The summed E-state index contributed by atoms with van der Waals surface area (Å²) in [5.74, 6) is -0.203. The summed E-state index contributed by atoms with van der Waals surface area (Å²) in [6.45, 7) is 2.05. The molecular formula is C27H24N6O3. The molecule has 0 fully saturated rings. The largest absolute Gasteiger partial charge is 0.467 e. The van der Waals surface area contributed by atoms with Crippen molar-refractivity contribution in [3.63, 3.8) is 0 Å². The highest BCUT2D eigenvalue weighted by atomic mass is 16.3. The standard InChI is InChI=1S/C27H24N6O3/c1-18-23(24(19-10-5-3-6-11-19)31-33(18)20-12-7-4-8-13-20)26(34)29-22-17-32(2)30-25(22)27(35)28-16-21-14-9-15-36-21/h3-15,17H,16H2,1-2H3,(H,28,35)(H,29,34). The summed E-state index contributed by atoms with van der Waals surface area (Å²) < 4.78 is 8.49. The zero-order valence-corrected chi connectivity index (χ0v) is 19.8. The maximum Gasteiger partial charge on any atom is 0.274 e. The minimum atomic E-state index is -0.428. The first-order chi connectivity index (χ1) is 17.5. The number of hydrogen-bond donors (Lipinski definition) is 2.